The number of hydrogen-bond acceptors (Lipinski definition) is 8. The Balaban J connectivity index is 0.00000289. The molecule has 32 heavy (non-hydrogen) atoms. The Bertz CT molecular complexity index is 1250. The minimum absolute atomic E-state index is 0. The molecule has 0 fully saturated rings. The van der Waals surface area contributed by atoms with Crippen LogP contribution in [0.25, 0.3) is 32.9 Å². The van der Waals surface area contributed by atoms with Crippen LogP contribution in [0.1, 0.15) is 13.3 Å². The van der Waals surface area contributed by atoms with E-state index in [9.17, 15) is 0 Å². The van der Waals surface area contributed by atoms with Gasteiger partial charge in [0, 0.05) is 40.8 Å². The molecule has 8 nitrogen and oxygen atoms in total. The van der Waals surface area contributed by atoms with Crippen molar-refractivity contribution in [1.29, 1.82) is 0 Å². The average molecular weight is 456 g/mol. The second kappa shape index (κ2) is 9.84. The van der Waals surface area contributed by atoms with Gasteiger partial charge in [0.15, 0.2) is 11.5 Å². The van der Waals surface area contributed by atoms with Gasteiger partial charge in [-0.3, -0.25) is 9.97 Å². The van der Waals surface area contributed by atoms with Gasteiger partial charge in [-0.05, 0) is 30.0 Å². The normalized spacial score (nSPS) is 11.8. The molecular weight excluding hydrogens is 430 g/mol. The molecule has 1 atom stereocenters. The summed E-state index contributed by atoms with van der Waals surface area (Å²) in [6.45, 7) is 2.45. The van der Waals surface area contributed by atoms with Crippen molar-refractivity contribution in [2.24, 2.45) is 5.73 Å². The quantitative estimate of drug-likeness (QED) is 0.401. The Kier molecular flexibility index (Phi) is 7.17. The van der Waals surface area contributed by atoms with Gasteiger partial charge in [0.2, 0.25) is 0 Å². The molecule has 4 aromatic rings. The second-order valence-corrected chi connectivity index (χ2v) is 7.23. The van der Waals surface area contributed by atoms with Crippen molar-refractivity contribution in [3.8, 4) is 28.5 Å². The first kappa shape index (κ1) is 23.3. The summed E-state index contributed by atoms with van der Waals surface area (Å²) >= 11 is 0. The molecule has 0 aliphatic rings. The lowest BCUT2D eigenvalue weighted by Crippen LogP contribution is -2.26. The van der Waals surface area contributed by atoms with E-state index in [1.807, 2.05) is 31.2 Å². The molecule has 0 aliphatic carbocycles. The van der Waals surface area contributed by atoms with Crippen LogP contribution < -0.4 is 25.7 Å². The van der Waals surface area contributed by atoms with Crippen molar-refractivity contribution in [2.45, 2.75) is 19.4 Å². The smallest absolute Gasteiger partial charge is 0.162 e. The van der Waals surface area contributed by atoms with E-state index in [1.165, 1.54) is 0 Å². The standard InChI is InChI=1S/C23H25N5O3.ClH/c1-4-14(24)12-31-15-5-13(9-26-10-15)19-6-16-17-7-21(29-2)22(30-3)8-20(17)27-11-18(16)23(25)28-19;/h5-11,14H,4,12,24H2,1-3H3,(H2,25,28);1H. The predicted molar refractivity (Wildman–Crippen MR) is 129 cm³/mol. The molecule has 3 heterocycles. The highest BCUT2D eigenvalue weighted by atomic mass is 35.5. The zero-order valence-corrected chi connectivity index (χ0v) is 19.0. The number of benzene rings is 1. The summed E-state index contributed by atoms with van der Waals surface area (Å²) in [5, 5.41) is 2.56. The maximum Gasteiger partial charge on any atom is 0.162 e. The molecule has 1 aromatic carbocycles. The molecule has 1 unspecified atom stereocenters. The number of methoxy groups -OCH3 is 2. The van der Waals surface area contributed by atoms with Gasteiger partial charge in [-0.25, -0.2) is 4.98 Å². The van der Waals surface area contributed by atoms with Crippen molar-refractivity contribution in [1.82, 2.24) is 15.0 Å². The highest BCUT2D eigenvalue weighted by Gasteiger charge is 2.14. The van der Waals surface area contributed by atoms with Crippen LogP contribution in [0.2, 0.25) is 0 Å². The lowest BCUT2D eigenvalue weighted by Gasteiger charge is -2.13. The number of nitrogen functional groups attached to an aromatic ring is 1. The minimum atomic E-state index is -0.0241. The fourth-order valence-corrected chi connectivity index (χ4v) is 3.36. The monoisotopic (exact) mass is 455 g/mol. The Morgan fingerprint density at radius 1 is 0.938 bits per heavy atom. The van der Waals surface area contributed by atoms with E-state index in [-0.39, 0.29) is 18.4 Å². The summed E-state index contributed by atoms with van der Waals surface area (Å²) in [6.07, 6.45) is 5.95. The maximum absolute atomic E-state index is 6.29. The summed E-state index contributed by atoms with van der Waals surface area (Å²) in [4.78, 5) is 13.4. The van der Waals surface area contributed by atoms with Crippen LogP contribution in [-0.4, -0.2) is 41.8 Å². The number of hydrogen-bond donors (Lipinski definition) is 2. The highest BCUT2D eigenvalue weighted by Crippen LogP contribution is 2.37. The van der Waals surface area contributed by atoms with Gasteiger partial charge < -0.3 is 25.7 Å². The van der Waals surface area contributed by atoms with E-state index in [0.717, 1.165) is 33.7 Å². The van der Waals surface area contributed by atoms with Crippen LogP contribution in [0, 0.1) is 0 Å². The number of nitrogens with zero attached hydrogens (tertiary/aromatic N) is 3. The maximum atomic E-state index is 6.29. The van der Waals surface area contributed by atoms with Gasteiger partial charge >= 0.3 is 0 Å². The first-order valence-corrected chi connectivity index (χ1v) is 9.98. The highest BCUT2D eigenvalue weighted by molar-refractivity contribution is 6.10. The lowest BCUT2D eigenvalue weighted by atomic mass is 10.0. The van der Waals surface area contributed by atoms with Gasteiger partial charge in [-0.1, -0.05) is 6.92 Å². The van der Waals surface area contributed by atoms with E-state index in [4.69, 9.17) is 25.7 Å². The van der Waals surface area contributed by atoms with E-state index in [0.29, 0.717) is 35.4 Å². The fourth-order valence-electron chi connectivity index (χ4n) is 3.36. The summed E-state index contributed by atoms with van der Waals surface area (Å²) in [7, 11) is 3.20. The predicted octanol–water partition coefficient (Wildman–Crippen LogP) is 3.98. The molecule has 0 radical (unpaired) electrons. The van der Waals surface area contributed by atoms with Crippen molar-refractivity contribution >= 4 is 39.9 Å². The number of halogens is 1. The number of fused-ring (bicyclic) bond motifs is 3. The Hall–Kier alpha value is -3.36. The third-order valence-corrected chi connectivity index (χ3v) is 5.21. The summed E-state index contributed by atoms with van der Waals surface area (Å²) in [6, 6.07) is 7.58. The van der Waals surface area contributed by atoms with E-state index < -0.39 is 0 Å². The largest absolute Gasteiger partial charge is 0.493 e. The molecule has 0 saturated heterocycles. The van der Waals surface area contributed by atoms with Crippen molar-refractivity contribution in [3.63, 3.8) is 0 Å². The van der Waals surface area contributed by atoms with Crippen LogP contribution in [0.3, 0.4) is 0 Å². The third kappa shape index (κ3) is 4.46. The molecule has 0 spiro atoms. The lowest BCUT2D eigenvalue weighted by molar-refractivity contribution is 0.284. The molecule has 4 rings (SSSR count). The van der Waals surface area contributed by atoms with Gasteiger partial charge in [0.25, 0.3) is 0 Å². The molecule has 0 saturated carbocycles. The van der Waals surface area contributed by atoms with Crippen molar-refractivity contribution in [2.75, 3.05) is 26.6 Å². The number of nitrogens with two attached hydrogens (primary N) is 2. The zero-order valence-electron chi connectivity index (χ0n) is 18.2. The van der Waals surface area contributed by atoms with Crippen LogP contribution in [0.15, 0.2) is 42.9 Å². The van der Waals surface area contributed by atoms with E-state index in [1.54, 1.807) is 32.8 Å². The SMILES string of the molecule is CCC(N)COc1cncc(-c2cc3c(cnc4cc(OC)c(OC)cc43)c(N)n2)c1.Cl. The minimum Gasteiger partial charge on any atom is -0.493 e. The van der Waals surface area contributed by atoms with Gasteiger partial charge in [-0.2, -0.15) is 0 Å². The zero-order chi connectivity index (χ0) is 22.0. The Labute approximate surface area is 192 Å². The molecule has 9 heteroatoms. The fraction of sp³-hybridized carbons (Fsp3) is 0.261. The van der Waals surface area contributed by atoms with Crippen LogP contribution in [-0.2, 0) is 0 Å². The number of anilines is 1. The second-order valence-electron chi connectivity index (χ2n) is 7.23. The first-order valence-electron chi connectivity index (χ1n) is 9.98. The molecule has 3 aromatic heterocycles. The van der Waals surface area contributed by atoms with Crippen molar-refractivity contribution < 1.29 is 14.2 Å². The van der Waals surface area contributed by atoms with Gasteiger partial charge in [0.05, 0.1) is 31.6 Å². The molecule has 4 N–H and O–H groups in total. The third-order valence-electron chi connectivity index (χ3n) is 5.21. The van der Waals surface area contributed by atoms with Crippen molar-refractivity contribution in [3.05, 3.63) is 42.9 Å². The number of aromatic nitrogens is 3. The molecule has 0 amide bonds. The number of pyridine rings is 3. The van der Waals surface area contributed by atoms with E-state index >= 15 is 0 Å². The first-order chi connectivity index (χ1) is 15.0. The van der Waals surface area contributed by atoms with Crippen LogP contribution >= 0.6 is 12.4 Å². The molecular formula is C23H26ClN5O3. The van der Waals surface area contributed by atoms with E-state index in [2.05, 4.69) is 15.0 Å². The van der Waals surface area contributed by atoms with Crippen LogP contribution in [0.4, 0.5) is 5.82 Å². The van der Waals surface area contributed by atoms with Gasteiger partial charge in [-0.15, -0.1) is 12.4 Å². The summed E-state index contributed by atoms with van der Waals surface area (Å²) in [5.74, 6) is 2.25. The van der Waals surface area contributed by atoms with Gasteiger partial charge in [0.1, 0.15) is 18.2 Å². The Morgan fingerprint density at radius 2 is 1.69 bits per heavy atom. The summed E-state index contributed by atoms with van der Waals surface area (Å²) < 4.78 is 16.7. The molecule has 0 aliphatic heterocycles. The topological polar surface area (TPSA) is 118 Å². The molecule has 168 valence electrons. The number of ether oxygens (including phenoxy) is 3. The Morgan fingerprint density at radius 3 is 2.41 bits per heavy atom. The summed E-state index contributed by atoms with van der Waals surface area (Å²) in [5.41, 5.74) is 14.5. The number of rotatable bonds is 7. The molecule has 0 bridgehead atoms. The van der Waals surface area contributed by atoms with Crippen LogP contribution in [0.5, 0.6) is 17.2 Å². The average Bonchev–Trinajstić information content (AvgIpc) is 2.81.